The van der Waals surface area contributed by atoms with Crippen LogP contribution in [0.5, 0.6) is 0 Å². The zero-order valence-electron chi connectivity index (χ0n) is 13.9. The van der Waals surface area contributed by atoms with Gasteiger partial charge in [0.15, 0.2) is 11.5 Å². The third-order valence-corrected chi connectivity index (χ3v) is 4.90. The van der Waals surface area contributed by atoms with Crippen LogP contribution >= 0.6 is 0 Å². The number of hydrogen-bond donors (Lipinski definition) is 2. The molecule has 1 aliphatic rings. The van der Waals surface area contributed by atoms with Crippen LogP contribution in [0.1, 0.15) is 36.1 Å². The highest BCUT2D eigenvalue weighted by Crippen LogP contribution is 2.46. The van der Waals surface area contributed by atoms with Crippen molar-refractivity contribution in [2.75, 3.05) is 6.61 Å². The lowest BCUT2D eigenvalue weighted by Gasteiger charge is -2.38. The maximum Gasteiger partial charge on any atom is 0.195 e. The second kappa shape index (κ2) is 6.81. The molecule has 0 fully saturated rings. The Kier molecular flexibility index (Phi) is 4.86. The summed E-state index contributed by atoms with van der Waals surface area (Å²) in [6, 6.07) is 5.83. The number of rotatable bonds is 5. The lowest BCUT2D eigenvalue weighted by molar-refractivity contribution is -0.135. The number of pyridine rings is 1. The van der Waals surface area contributed by atoms with Gasteiger partial charge in [0.2, 0.25) is 0 Å². The molecule has 138 valence electrons. The summed E-state index contributed by atoms with van der Waals surface area (Å²) in [7, 11) is 0. The van der Waals surface area contributed by atoms with Gasteiger partial charge in [-0.2, -0.15) is 0 Å². The molecule has 0 unspecified atom stereocenters. The van der Waals surface area contributed by atoms with Gasteiger partial charge < -0.3 is 10.2 Å². The van der Waals surface area contributed by atoms with Gasteiger partial charge in [0.1, 0.15) is 17.2 Å². The number of ketones is 1. The van der Waals surface area contributed by atoms with Crippen LogP contribution in [0.15, 0.2) is 36.5 Å². The molecule has 0 aliphatic heterocycles. The zero-order chi connectivity index (χ0) is 18.9. The molecule has 1 aliphatic carbocycles. The summed E-state index contributed by atoms with van der Waals surface area (Å²) in [5.74, 6) is -2.28. The van der Waals surface area contributed by atoms with Crippen molar-refractivity contribution in [3.05, 3.63) is 65.0 Å². The third-order valence-electron chi connectivity index (χ3n) is 4.90. The summed E-state index contributed by atoms with van der Waals surface area (Å²) in [5.41, 5.74) is -4.08. The Hall–Kier alpha value is -2.25. The van der Waals surface area contributed by atoms with Crippen molar-refractivity contribution in [1.82, 2.24) is 4.98 Å². The Balaban J connectivity index is 1.85. The minimum absolute atomic E-state index is 0.0578. The van der Waals surface area contributed by atoms with Crippen molar-refractivity contribution in [1.29, 1.82) is 0 Å². The molecule has 1 aromatic carbocycles. The van der Waals surface area contributed by atoms with Crippen LogP contribution in [-0.2, 0) is 22.5 Å². The van der Waals surface area contributed by atoms with Crippen molar-refractivity contribution in [2.45, 2.75) is 37.0 Å². The number of carbonyl (C=O) groups excluding carboxylic acids is 1. The summed E-state index contributed by atoms with van der Waals surface area (Å²) in [5, 5.41) is 19.9. The van der Waals surface area contributed by atoms with E-state index < -0.39 is 35.3 Å². The quantitative estimate of drug-likeness (QED) is 0.855. The fourth-order valence-corrected chi connectivity index (χ4v) is 3.34. The first kappa shape index (κ1) is 18.5. The summed E-state index contributed by atoms with van der Waals surface area (Å²) in [6.45, 7) is -0.637. The number of alkyl halides is 1. The number of carbonyl (C=O) groups is 1. The summed E-state index contributed by atoms with van der Waals surface area (Å²) >= 11 is 0. The Bertz CT molecular complexity index is 845. The van der Waals surface area contributed by atoms with E-state index in [2.05, 4.69) is 4.98 Å². The number of benzene rings is 1. The molecular formula is C19H18F3NO3. The fourth-order valence-electron chi connectivity index (χ4n) is 3.34. The van der Waals surface area contributed by atoms with E-state index in [0.29, 0.717) is 6.07 Å². The standard InChI is InChI=1S/C19H18F3NO3/c20-13-5-3-12(15(21)10-13)4-6-16(25)19(22)8-7-18(26,11-24)17-14(19)2-1-9-23-17/h1-3,5,9-10,24,26H,4,6-8,11H2/t18-,19+/m1/s1. The number of halogens is 3. The van der Waals surface area contributed by atoms with E-state index in [1.54, 1.807) is 0 Å². The molecule has 0 radical (unpaired) electrons. The van der Waals surface area contributed by atoms with Gasteiger partial charge in [-0.15, -0.1) is 0 Å². The lowest BCUT2D eigenvalue weighted by atomic mass is 9.72. The van der Waals surface area contributed by atoms with Crippen molar-refractivity contribution >= 4 is 5.78 Å². The van der Waals surface area contributed by atoms with Crippen LogP contribution in [0.4, 0.5) is 13.2 Å². The number of Topliss-reactive ketones (excluding diaryl/α,β-unsaturated/α-hetero) is 1. The first-order chi connectivity index (χ1) is 12.3. The molecule has 3 rings (SSSR count). The number of aliphatic hydroxyl groups excluding tert-OH is 1. The Labute approximate surface area is 148 Å². The maximum atomic E-state index is 15.6. The largest absolute Gasteiger partial charge is 0.393 e. The van der Waals surface area contributed by atoms with Gasteiger partial charge in [-0.25, -0.2) is 13.2 Å². The van der Waals surface area contributed by atoms with E-state index in [9.17, 15) is 23.8 Å². The first-order valence-electron chi connectivity index (χ1n) is 8.25. The SMILES string of the molecule is O=C(CCc1ccc(F)cc1F)[C@]1(F)CC[C@@](O)(CO)c2ncccc21. The van der Waals surface area contributed by atoms with Crippen LogP contribution in [0.25, 0.3) is 0 Å². The molecule has 2 aromatic rings. The minimum Gasteiger partial charge on any atom is -0.393 e. The monoisotopic (exact) mass is 365 g/mol. The molecular weight excluding hydrogens is 347 g/mol. The smallest absolute Gasteiger partial charge is 0.195 e. The van der Waals surface area contributed by atoms with Crippen LogP contribution in [0.2, 0.25) is 0 Å². The lowest BCUT2D eigenvalue weighted by Crippen LogP contribution is -2.45. The van der Waals surface area contributed by atoms with Crippen molar-refractivity contribution in [3.8, 4) is 0 Å². The molecule has 0 saturated carbocycles. The van der Waals surface area contributed by atoms with E-state index in [1.807, 2.05) is 0 Å². The molecule has 4 nitrogen and oxygen atoms in total. The van der Waals surface area contributed by atoms with Gasteiger partial charge in [-0.1, -0.05) is 12.1 Å². The van der Waals surface area contributed by atoms with E-state index in [0.717, 1.165) is 6.07 Å². The molecule has 0 bridgehead atoms. The molecule has 0 spiro atoms. The van der Waals surface area contributed by atoms with Crippen LogP contribution < -0.4 is 0 Å². The maximum absolute atomic E-state index is 15.6. The number of fused-ring (bicyclic) bond motifs is 1. The van der Waals surface area contributed by atoms with Gasteiger partial charge >= 0.3 is 0 Å². The highest BCUT2D eigenvalue weighted by molar-refractivity contribution is 5.89. The number of aliphatic hydroxyl groups is 2. The first-order valence-corrected chi connectivity index (χ1v) is 8.25. The number of aromatic nitrogens is 1. The highest BCUT2D eigenvalue weighted by Gasteiger charge is 2.51. The fraction of sp³-hybridized carbons (Fsp3) is 0.368. The van der Waals surface area contributed by atoms with Gasteiger partial charge in [0, 0.05) is 24.2 Å². The molecule has 1 heterocycles. The zero-order valence-corrected chi connectivity index (χ0v) is 13.9. The molecule has 2 N–H and O–H groups in total. The van der Waals surface area contributed by atoms with Gasteiger partial charge in [0.25, 0.3) is 0 Å². The van der Waals surface area contributed by atoms with E-state index in [-0.39, 0.29) is 42.5 Å². The molecule has 26 heavy (non-hydrogen) atoms. The Morgan fingerprint density at radius 3 is 2.69 bits per heavy atom. The predicted octanol–water partition coefficient (Wildman–Crippen LogP) is 2.70. The number of aryl methyl sites for hydroxylation is 1. The van der Waals surface area contributed by atoms with Crippen molar-refractivity contribution in [2.24, 2.45) is 0 Å². The molecule has 0 amide bonds. The second-order valence-electron chi connectivity index (χ2n) is 6.55. The summed E-state index contributed by atoms with van der Waals surface area (Å²) in [6.07, 6.45) is 0.513. The second-order valence-corrected chi connectivity index (χ2v) is 6.55. The highest BCUT2D eigenvalue weighted by atomic mass is 19.1. The van der Waals surface area contributed by atoms with Gasteiger partial charge in [0.05, 0.1) is 12.3 Å². The van der Waals surface area contributed by atoms with E-state index in [4.69, 9.17) is 0 Å². The summed E-state index contributed by atoms with van der Waals surface area (Å²) < 4.78 is 42.2. The predicted molar refractivity (Wildman–Crippen MR) is 86.9 cm³/mol. The van der Waals surface area contributed by atoms with E-state index in [1.165, 1.54) is 24.4 Å². The van der Waals surface area contributed by atoms with Gasteiger partial charge in [-0.3, -0.25) is 9.78 Å². The minimum atomic E-state index is -2.37. The third kappa shape index (κ3) is 3.12. The molecule has 1 aromatic heterocycles. The van der Waals surface area contributed by atoms with Crippen molar-refractivity contribution < 1.29 is 28.2 Å². The Morgan fingerprint density at radius 2 is 2.00 bits per heavy atom. The topological polar surface area (TPSA) is 70.4 Å². The number of nitrogens with zero attached hydrogens (tertiary/aromatic N) is 1. The number of hydrogen-bond acceptors (Lipinski definition) is 4. The summed E-state index contributed by atoms with van der Waals surface area (Å²) in [4.78, 5) is 16.5. The van der Waals surface area contributed by atoms with Crippen LogP contribution in [0.3, 0.4) is 0 Å². The normalized spacial score (nSPS) is 25.0. The van der Waals surface area contributed by atoms with E-state index >= 15 is 4.39 Å². The van der Waals surface area contributed by atoms with Crippen LogP contribution in [-0.4, -0.2) is 27.6 Å². The van der Waals surface area contributed by atoms with Crippen molar-refractivity contribution in [3.63, 3.8) is 0 Å². The van der Waals surface area contributed by atoms with Crippen LogP contribution in [0, 0.1) is 11.6 Å². The average Bonchev–Trinajstić information content (AvgIpc) is 2.64. The average molecular weight is 365 g/mol. The Morgan fingerprint density at radius 1 is 1.23 bits per heavy atom. The van der Waals surface area contributed by atoms with Gasteiger partial charge in [-0.05, 0) is 37.0 Å². The molecule has 7 heteroatoms. The molecule has 2 atom stereocenters. The molecule has 0 saturated heterocycles.